The number of fused-ring (bicyclic) bond motifs is 1. The number of thioether (sulfide) groups is 1. The molecule has 21 heavy (non-hydrogen) atoms. The van der Waals surface area contributed by atoms with Crippen molar-refractivity contribution in [1.82, 2.24) is 0 Å². The Morgan fingerprint density at radius 2 is 2.05 bits per heavy atom. The molecular formula is C20H32S. The average Bonchev–Trinajstić information content (AvgIpc) is 3.04. The molecular weight excluding hydrogens is 272 g/mol. The van der Waals surface area contributed by atoms with Gasteiger partial charge in [0.25, 0.3) is 0 Å². The second-order valence-electron chi connectivity index (χ2n) is 8.66. The summed E-state index contributed by atoms with van der Waals surface area (Å²) >= 11 is 2.15. The molecule has 0 amide bonds. The van der Waals surface area contributed by atoms with E-state index in [0.717, 1.165) is 17.1 Å². The summed E-state index contributed by atoms with van der Waals surface area (Å²) in [5.41, 5.74) is 3.98. The zero-order chi connectivity index (χ0) is 15.3. The third-order valence-corrected chi connectivity index (χ3v) is 8.22. The van der Waals surface area contributed by atoms with Gasteiger partial charge in [-0.3, -0.25) is 0 Å². The summed E-state index contributed by atoms with van der Waals surface area (Å²) in [5.74, 6) is 1.87. The first kappa shape index (κ1) is 15.7. The second-order valence-corrected chi connectivity index (χ2v) is 10.5. The predicted molar refractivity (Wildman–Crippen MR) is 95.8 cm³/mol. The lowest BCUT2D eigenvalue weighted by Gasteiger charge is -2.56. The molecule has 1 aliphatic heterocycles. The summed E-state index contributed by atoms with van der Waals surface area (Å²) in [6.07, 6.45) is 13.1. The van der Waals surface area contributed by atoms with Gasteiger partial charge in [-0.1, -0.05) is 37.1 Å². The van der Waals surface area contributed by atoms with Crippen molar-refractivity contribution < 1.29 is 0 Å². The van der Waals surface area contributed by atoms with E-state index in [0.29, 0.717) is 10.2 Å². The Labute approximate surface area is 135 Å². The van der Waals surface area contributed by atoms with Crippen LogP contribution in [-0.2, 0) is 0 Å². The second kappa shape index (κ2) is 5.48. The molecule has 4 aliphatic rings. The van der Waals surface area contributed by atoms with E-state index in [4.69, 9.17) is 0 Å². The highest BCUT2D eigenvalue weighted by molar-refractivity contribution is 8.08. The SMILES string of the molecule is C/C(=C\CCC1=CC[C@@H]2C[C@H]1C2(C)C)CCC1SC1(C)C. The molecule has 1 saturated carbocycles. The van der Waals surface area contributed by atoms with Gasteiger partial charge >= 0.3 is 0 Å². The third kappa shape index (κ3) is 3.14. The molecule has 0 aromatic rings. The minimum atomic E-state index is 0.569. The number of rotatable bonds is 6. The van der Waals surface area contributed by atoms with Crippen molar-refractivity contribution >= 4 is 11.8 Å². The summed E-state index contributed by atoms with van der Waals surface area (Å²) in [5, 5.41) is 0.912. The van der Waals surface area contributed by atoms with Crippen LogP contribution in [0, 0.1) is 17.3 Å². The van der Waals surface area contributed by atoms with Gasteiger partial charge in [-0.2, -0.15) is 0 Å². The van der Waals surface area contributed by atoms with Crippen LogP contribution in [0.1, 0.15) is 73.1 Å². The van der Waals surface area contributed by atoms with E-state index in [-0.39, 0.29) is 0 Å². The number of allylic oxidation sites excluding steroid dienone is 4. The van der Waals surface area contributed by atoms with E-state index >= 15 is 0 Å². The van der Waals surface area contributed by atoms with E-state index in [1.165, 1.54) is 38.5 Å². The maximum Gasteiger partial charge on any atom is 0.0225 e. The van der Waals surface area contributed by atoms with Crippen LogP contribution in [0.4, 0.5) is 0 Å². The molecule has 1 heteroatoms. The standard InChI is InChI=1S/C20H32S/c1-14(9-12-18-20(4,5)21-18)7-6-8-15-10-11-16-13-17(15)19(16,2)3/h7,10,16-18H,6,8-9,11-13H2,1-5H3/b14-7+/t16-,17-,18?/m1/s1. The van der Waals surface area contributed by atoms with Crippen molar-refractivity contribution in [3.8, 4) is 0 Å². The maximum atomic E-state index is 2.57. The molecule has 0 N–H and O–H groups in total. The van der Waals surface area contributed by atoms with Gasteiger partial charge in [0.1, 0.15) is 0 Å². The molecule has 2 bridgehead atoms. The van der Waals surface area contributed by atoms with Crippen molar-refractivity contribution in [3.05, 3.63) is 23.3 Å². The molecule has 0 aromatic carbocycles. The molecule has 3 atom stereocenters. The first-order valence-corrected chi connectivity index (χ1v) is 9.71. The van der Waals surface area contributed by atoms with Gasteiger partial charge in [0.05, 0.1) is 0 Å². The van der Waals surface area contributed by atoms with Crippen molar-refractivity contribution in [2.24, 2.45) is 17.3 Å². The molecule has 0 aromatic heterocycles. The lowest BCUT2D eigenvalue weighted by Crippen LogP contribution is -2.47. The first-order valence-electron chi connectivity index (χ1n) is 8.83. The van der Waals surface area contributed by atoms with Gasteiger partial charge in [0.2, 0.25) is 0 Å². The Bertz CT molecular complexity index is 466. The van der Waals surface area contributed by atoms with Crippen molar-refractivity contribution in [3.63, 3.8) is 0 Å². The quantitative estimate of drug-likeness (QED) is 0.405. The smallest absolute Gasteiger partial charge is 0.0225 e. The Kier molecular flexibility index (Phi) is 4.10. The summed E-state index contributed by atoms with van der Waals surface area (Å²) in [6.45, 7) is 12.1. The van der Waals surface area contributed by atoms with Gasteiger partial charge in [0, 0.05) is 10.00 Å². The van der Waals surface area contributed by atoms with E-state index < -0.39 is 0 Å². The number of hydrogen-bond donors (Lipinski definition) is 0. The molecule has 0 spiro atoms. The summed E-state index contributed by atoms with van der Waals surface area (Å²) in [7, 11) is 0. The molecule has 0 radical (unpaired) electrons. The summed E-state index contributed by atoms with van der Waals surface area (Å²) in [4.78, 5) is 0. The van der Waals surface area contributed by atoms with Crippen molar-refractivity contribution in [2.45, 2.75) is 83.1 Å². The van der Waals surface area contributed by atoms with Crippen LogP contribution < -0.4 is 0 Å². The van der Waals surface area contributed by atoms with Gasteiger partial charge in [0.15, 0.2) is 0 Å². The Hall–Kier alpha value is -0.170. The van der Waals surface area contributed by atoms with Gasteiger partial charge in [-0.05, 0) is 76.5 Å². The normalized spacial score (nSPS) is 36.0. The van der Waals surface area contributed by atoms with Crippen LogP contribution in [0.15, 0.2) is 23.3 Å². The van der Waals surface area contributed by atoms with E-state index in [2.05, 4.69) is 58.5 Å². The zero-order valence-corrected chi connectivity index (χ0v) is 15.4. The predicted octanol–water partition coefficient (Wildman–Crippen LogP) is 6.38. The zero-order valence-electron chi connectivity index (χ0n) is 14.5. The molecule has 0 nitrogen and oxygen atoms in total. The fraction of sp³-hybridized carbons (Fsp3) is 0.800. The molecule has 3 aliphatic carbocycles. The largest absolute Gasteiger partial charge is 0.150 e. The summed E-state index contributed by atoms with van der Waals surface area (Å²) < 4.78 is 0.569. The van der Waals surface area contributed by atoms with E-state index in [1.54, 1.807) is 11.1 Å². The molecule has 118 valence electrons. The van der Waals surface area contributed by atoms with Crippen molar-refractivity contribution in [1.29, 1.82) is 0 Å². The Balaban J connectivity index is 1.41. The van der Waals surface area contributed by atoms with Gasteiger partial charge < -0.3 is 0 Å². The molecule has 2 fully saturated rings. The van der Waals surface area contributed by atoms with Gasteiger partial charge in [-0.15, -0.1) is 11.8 Å². The molecule has 1 unspecified atom stereocenters. The van der Waals surface area contributed by atoms with Crippen molar-refractivity contribution in [2.75, 3.05) is 0 Å². The highest BCUT2D eigenvalue weighted by atomic mass is 32.2. The average molecular weight is 305 g/mol. The summed E-state index contributed by atoms with van der Waals surface area (Å²) in [6, 6.07) is 0. The molecule has 1 saturated heterocycles. The van der Waals surface area contributed by atoms with E-state index in [1.807, 2.05) is 0 Å². The van der Waals surface area contributed by atoms with E-state index in [9.17, 15) is 0 Å². The molecule has 1 heterocycles. The Morgan fingerprint density at radius 3 is 2.62 bits per heavy atom. The van der Waals surface area contributed by atoms with Crippen LogP contribution in [-0.4, -0.2) is 10.00 Å². The fourth-order valence-corrected chi connectivity index (χ4v) is 5.46. The van der Waals surface area contributed by atoms with Crippen LogP contribution in [0.25, 0.3) is 0 Å². The third-order valence-electron chi connectivity index (χ3n) is 6.47. The fourth-order valence-electron chi connectivity index (χ4n) is 4.44. The lowest BCUT2D eigenvalue weighted by molar-refractivity contribution is -0.00811. The highest BCUT2D eigenvalue weighted by Crippen LogP contribution is 2.60. The minimum absolute atomic E-state index is 0.569. The highest BCUT2D eigenvalue weighted by Gasteiger charge is 2.50. The first-order chi connectivity index (χ1) is 9.80. The minimum Gasteiger partial charge on any atom is -0.150 e. The van der Waals surface area contributed by atoms with Crippen LogP contribution in [0.5, 0.6) is 0 Å². The molecule has 4 rings (SSSR count). The Morgan fingerprint density at radius 1 is 1.33 bits per heavy atom. The van der Waals surface area contributed by atoms with Crippen LogP contribution in [0.2, 0.25) is 0 Å². The topological polar surface area (TPSA) is 0 Å². The lowest BCUT2D eigenvalue weighted by atomic mass is 9.48. The number of hydrogen-bond acceptors (Lipinski definition) is 1. The van der Waals surface area contributed by atoms with Gasteiger partial charge in [-0.25, -0.2) is 0 Å². The van der Waals surface area contributed by atoms with Crippen LogP contribution >= 0.6 is 11.8 Å². The monoisotopic (exact) mass is 304 g/mol. The van der Waals surface area contributed by atoms with Crippen LogP contribution in [0.3, 0.4) is 0 Å². The maximum absolute atomic E-state index is 2.57.